The van der Waals surface area contributed by atoms with E-state index in [2.05, 4.69) is 15.1 Å². The van der Waals surface area contributed by atoms with Gasteiger partial charge in [-0.1, -0.05) is 13.8 Å². The van der Waals surface area contributed by atoms with Gasteiger partial charge in [-0.15, -0.1) is 0 Å². The molecular formula is C12H22N4O3S. The molecule has 0 aliphatic heterocycles. The van der Waals surface area contributed by atoms with Gasteiger partial charge in [-0.3, -0.25) is 10.8 Å². The van der Waals surface area contributed by atoms with E-state index in [-0.39, 0.29) is 16.9 Å². The molecule has 0 radical (unpaired) electrons. The van der Waals surface area contributed by atoms with Crippen molar-refractivity contribution in [1.29, 1.82) is 0 Å². The average Bonchev–Trinajstić information content (AvgIpc) is 2.43. The molecule has 1 heterocycles. The summed E-state index contributed by atoms with van der Waals surface area (Å²) < 4.78 is 32.7. The summed E-state index contributed by atoms with van der Waals surface area (Å²) in [5.41, 5.74) is 2.65. The quantitative estimate of drug-likeness (QED) is 0.482. The molecule has 0 bridgehead atoms. The third kappa shape index (κ3) is 4.41. The van der Waals surface area contributed by atoms with Crippen molar-refractivity contribution in [2.75, 3.05) is 18.6 Å². The molecule has 0 spiro atoms. The fraction of sp³-hybridized carbons (Fsp3) is 0.583. The van der Waals surface area contributed by atoms with Gasteiger partial charge in [0, 0.05) is 25.0 Å². The van der Waals surface area contributed by atoms with E-state index >= 15 is 0 Å². The zero-order chi connectivity index (χ0) is 15.2. The minimum atomic E-state index is -3.71. The van der Waals surface area contributed by atoms with Crippen LogP contribution in [0.2, 0.25) is 0 Å². The predicted octanol–water partition coefficient (Wildman–Crippen LogP) is 0.707. The van der Waals surface area contributed by atoms with Crippen LogP contribution in [0.3, 0.4) is 0 Å². The molecule has 1 aromatic heterocycles. The number of nitrogens with zero attached hydrogens (tertiary/aromatic N) is 1. The molecule has 0 aliphatic carbocycles. The number of anilines is 1. The van der Waals surface area contributed by atoms with Crippen molar-refractivity contribution in [2.45, 2.75) is 31.7 Å². The van der Waals surface area contributed by atoms with Crippen LogP contribution in [-0.2, 0) is 14.8 Å². The van der Waals surface area contributed by atoms with Gasteiger partial charge in [-0.25, -0.2) is 13.1 Å². The Balaban J connectivity index is 2.97. The summed E-state index contributed by atoms with van der Waals surface area (Å²) in [7, 11) is -3.71. The van der Waals surface area contributed by atoms with Gasteiger partial charge >= 0.3 is 0 Å². The zero-order valence-electron chi connectivity index (χ0n) is 12.0. The summed E-state index contributed by atoms with van der Waals surface area (Å²) in [5, 5.41) is 0. The highest BCUT2D eigenvalue weighted by molar-refractivity contribution is 7.89. The molecule has 0 saturated heterocycles. The fourth-order valence-corrected chi connectivity index (χ4v) is 3.07. The van der Waals surface area contributed by atoms with Crippen molar-refractivity contribution in [3.63, 3.8) is 0 Å². The van der Waals surface area contributed by atoms with Gasteiger partial charge in [-0.2, -0.15) is 0 Å². The Morgan fingerprint density at radius 1 is 1.45 bits per heavy atom. The molecule has 1 unspecified atom stereocenters. The Kier molecular flexibility index (Phi) is 6.34. The number of pyridine rings is 1. The van der Waals surface area contributed by atoms with E-state index in [1.807, 2.05) is 20.8 Å². The third-order valence-electron chi connectivity index (χ3n) is 2.84. The highest BCUT2D eigenvalue weighted by Crippen LogP contribution is 2.19. The molecule has 0 aliphatic rings. The number of nitrogens with one attached hydrogen (secondary N) is 2. The van der Waals surface area contributed by atoms with Crippen LogP contribution in [-0.4, -0.2) is 32.7 Å². The summed E-state index contributed by atoms with van der Waals surface area (Å²) in [6.45, 7) is 6.57. The van der Waals surface area contributed by atoms with E-state index in [1.165, 1.54) is 18.5 Å². The maximum absolute atomic E-state index is 12.4. The lowest BCUT2D eigenvalue weighted by Gasteiger charge is -2.22. The Morgan fingerprint density at radius 3 is 2.70 bits per heavy atom. The molecular weight excluding hydrogens is 280 g/mol. The summed E-state index contributed by atoms with van der Waals surface area (Å²) in [4.78, 5) is 3.85. The monoisotopic (exact) mass is 302 g/mol. The largest absolute Gasteiger partial charge is 0.380 e. The topological polar surface area (TPSA) is 106 Å². The number of hydrogen-bond acceptors (Lipinski definition) is 6. The molecule has 0 saturated carbocycles. The van der Waals surface area contributed by atoms with Crippen molar-refractivity contribution in [2.24, 2.45) is 11.8 Å². The van der Waals surface area contributed by atoms with E-state index in [0.717, 1.165) is 0 Å². The number of aromatic nitrogens is 1. The predicted molar refractivity (Wildman–Crippen MR) is 77.5 cm³/mol. The first kappa shape index (κ1) is 16.8. The molecule has 114 valence electrons. The van der Waals surface area contributed by atoms with Crippen molar-refractivity contribution < 1.29 is 13.2 Å². The van der Waals surface area contributed by atoms with E-state index < -0.39 is 10.0 Å². The second kappa shape index (κ2) is 7.53. The van der Waals surface area contributed by atoms with E-state index in [0.29, 0.717) is 18.9 Å². The fourth-order valence-electron chi connectivity index (χ4n) is 1.58. The minimum Gasteiger partial charge on any atom is -0.380 e. The van der Waals surface area contributed by atoms with Crippen LogP contribution < -0.4 is 16.0 Å². The maximum atomic E-state index is 12.4. The molecule has 7 nitrogen and oxygen atoms in total. The number of sulfonamides is 1. The SMILES string of the molecule is CCOCC(NS(=O)(=O)c1cnccc1NN)C(C)C. The van der Waals surface area contributed by atoms with Gasteiger partial charge in [0.15, 0.2) is 0 Å². The van der Waals surface area contributed by atoms with E-state index in [9.17, 15) is 8.42 Å². The van der Waals surface area contributed by atoms with Crippen molar-refractivity contribution in [3.8, 4) is 0 Å². The molecule has 1 aromatic rings. The molecule has 1 rings (SSSR count). The lowest BCUT2D eigenvalue weighted by Crippen LogP contribution is -2.42. The number of nitrogens with two attached hydrogens (primary N) is 1. The van der Waals surface area contributed by atoms with Crippen LogP contribution in [0.15, 0.2) is 23.4 Å². The lowest BCUT2D eigenvalue weighted by molar-refractivity contribution is 0.116. The van der Waals surface area contributed by atoms with Crippen molar-refractivity contribution in [1.82, 2.24) is 9.71 Å². The highest BCUT2D eigenvalue weighted by Gasteiger charge is 2.25. The Bertz CT molecular complexity index is 519. The Labute approximate surface area is 119 Å². The number of rotatable bonds is 8. The Morgan fingerprint density at radius 2 is 2.15 bits per heavy atom. The van der Waals surface area contributed by atoms with Gasteiger partial charge in [-0.05, 0) is 18.9 Å². The molecule has 8 heteroatoms. The van der Waals surface area contributed by atoms with Crippen LogP contribution in [0.5, 0.6) is 0 Å². The molecule has 1 atom stereocenters. The Hall–Kier alpha value is -1.22. The van der Waals surface area contributed by atoms with Crippen LogP contribution in [0.25, 0.3) is 0 Å². The summed E-state index contributed by atoms with van der Waals surface area (Å²) in [6, 6.07) is 1.19. The summed E-state index contributed by atoms with van der Waals surface area (Å²) in [6.07, 6.45) is 2.73. The smallest absolute Gasteiger partial charge is 0.244 e. The molecule has 20 heavy (non-hydrogen) atoms. The first-order valence-corrected chi connectivity index (χ1v) is 7.91. The van der Waals surface area contributed by atoms with Gasteiger partial charge in [0.2, 0.25) is 10.0 Å². The second-order valence-corrected chi connectivity index (χ2v) is 6.33. The summed E-state index contributed by atoms with van der Waals surface area (Å²) in [5.74, 6) is 5.42. The van der Waals surface area contributed by atoms with Gasteiger partial charge in [0.1, 0.15) is 4.90 Å². The molecule has 0 amide bonds. The number of nitrogen functional groups attached to an aromatic ring is 1. The van der Waals surface area contributed by atoms with Crippen molar-refractivity contribution in [3.05, 3.63) is 18.5 Å². The molecule has 0 fully saturated rings. The van der Waals surface area contributed by atoms with Crippen LogP contribution in [0.4, 0.5) is 5.69 Å². The zero-order valence-corrected chi connectivity index (χ0v) is 12.8. The van der Waals surface area contributed by atoms with Crippen LogP contribution >= 0.6 is 0 Å². The number of hydrogen-bond donors (Lipinski definition) is 3. The molecule has 4 N–H and O–H groups in total. The van der Waals surface area contributed by atoms with E-state index in [4.69, 9.17) is 10.6 Å². The highest BCUT2D eigenvalue weighted by atomic mass is 32.2. The van der Waals surface area contributed by atoms with Gasteiger partial charge < -0.3 is 10.2 Å². The number of ether oxygens (including phenoxy) is 1. The standard InChI is InChI=1S/C12H22N4O3S/c1-4-19-8-11(9(2)3)16-20(17,18)12-7-14-6-5-10(12)15-13/h5-7,9,11,16H,4,8,13H2,1-3H3,(H,14,15). The third-order valence-corrected chi connectivity index (χ3v) is 4.36. The first-order valence-electron chi connectivity index (χ1n) is 6.43. The normalized spacial score (nSPS) is 13.4. The van der Waals surface area contributed by atoms with Crippen LogP contribution in [0, 0.1) is 5.92 Å². The van der Waals surface area contributed by atoms with Crippen LogP contribution in [0.1, 0.15) is 20.8 Å². The first-order chi connectivity index (χ1) is 9.42. The van der Waals surface area contributed by atoms with Crippen molar-refractivity contribution >= 4 is 15.7 Å². The molecule has 0 aromatic carbocycles. The number of hydrazine groups is 1. The van der Waals surface area contributed by atoms with Gasteiger partial charge in [0.05, 0.1) is 12.3 Å². The maximum Gasteiger partial charge on any atom is 0.244 e. The average molecular weight is 302 g/mol. The lowest BCUT2D eigenvalue weighted by atomic mass is 10.1. The second-order valence-electron chi connectivity index (χ2n) is 4.65. The summed E-state index contributed by atoms with van der Waals surface area (Å²) >= 11 is 0. The minimum absolute atomic E-state index is 0.0182. The van der Waals surface area contributed by atoms with Gasteiger partial charge in [0.25, 0.3) is 0 Å². The van der Waals surface area contributed by atoms with E-state index in [1.54, 1.807) is 0 Å².